The van der Waals surface area contributed by atoms with Gasteiger partial charge in [-0.05, 0) is 75.9 Å². The standard InChI is InChI=1S/C22H28O2/c1-15-11-17(3)21(18(4)12-15)23-9-7-8-10-24-22-19(5)13-16(2)14-20(22)6/h7-8,11-14H,9-10H2,1-6H3. The van der Waals surface area contributed by atoms with E-state index in [1.807, 2.05) is 12.2 Å². The third-order valence-electron chi connectivity index (χ3n) is 4.02. The molecule has 0 radical (unpaired) electrons. The molecule has 0 aliphatic rings. The van der Waals surface area contributed by atoms with Gasteiger partial charge in [0.2, 0.25) is 0 Å². The summed E-state index contributed by atoms with van der Waals surface area (Å²) in [6, 6.07) is 8.60. The van der Waals surface area contributed by atoms with Crippen molar-refractivity contribution >= 4 is 0 Å². The number of hydrogen-bond acceptors (Lipinski definition) is 2. The third kappa shape index (κ3) is 4.64. The molecule has 0 N–H and O–H groups in total. The highest BCUT2D eigenvalue weighted by Gasteiger charge is 2.05. The Kier molecular flexibility index (Phi) is 6.08. The molecule has 0 aliphatic heterocycles. The molecule has 128 valence electrons. The highest BCUT2D eigenvalue weighted by atomic mass is 16.5. The van der Waals surface area contributed by atoms with E-state index < -0.39 is 0 Å². The van der Waals surface area contributed by atoms with Crippen LogP contribution in [-0.2, 0) is 0 Å². The lowest BCUT2D eigenvalue weighted by atomic mass is 10.1. The second-order valence-corrected chi connectivity index (χ2v) is 6.55. The quantitative estimate of drug-likeness (QED) is 0.648. The molecule has 0 saturated carbocycles. The fourth-order valence-electron chi connectivity index (χ4n) is 3.19. The summed E-state index contributed by atoms with van der Waals surface area (Å²) in [5.41, 5.74) is 7.27. The fraction of sp³-hybridized carbons (Fsp3) is 0.364. The van der Waals surface area contributed by atoms with Gasteiger partial charge in [0, 0.05) is 0 Å². The highest BCUT2D eigenvalue weighted by Crippen LogP contribution is 2.25. The molecule has 2 rings (SSSR count). The van der Waals surface area contributed by atoms with Crippen LogP contribution in [0.4, 0.5) is 0 Å². The molecule has 0 aromatic heterocycles. The lowest BCUT2D eigenvalue weighted by Gasteiger charge is -2.12. The Balaban J connectivity index is 1.86. The SMILES string of the molecule is Cc1cc(C)c(OCC=CCOc2c(C)cc(C)cc2C)c(C)c1. The fourth-order valence-corrected chi connectivity index (χ4v) is 3.19. The van der Waals surface area contributed by atoms with Gasteiger partial charge in [-0.2, -0.15) is 0 Å². The Labute approximate surface area is 146 Å². The number of benzene rings is 2. The molecule has 24 heavy (non-hydrogen) atoms. The Bertz CT molecular complexity index is 632. The first-order valence-electron chi connectivity index (χ1n) is 8.44. The van der Waals surface area contributed by atoms with Gasteiger partial charge in [0.25, 0.3) is 0 Å². The van der Waals surface area contributed by atoms with Crippen LogP contribution in [0, 0.1) is 41.5 Å². The maximum atomic E-state index is 5.90. The van der Waals surface area contributed by atoms with Crippen molar-refractivity contribution < 1.29 is 9.47 Å². The summed E-state index contributed by atoms with van der Waals surface area (Å²) in [5.74, 6) is 1.97. The molecule has 0 saturated heterocycles. The van der Waals surface area contributed by atoms with E-state index in [1.165, 1.54) is 33.4 Å². The molecule has 0 spiro atoms. The van der Waals surface area contributed by atoms with Crippen molar-refractivity contribution in [3.05, 3.63) is 69.8 Å². The monoisotopic (exact) mass is 324 g/mol. The van der Waals surface area contributed by atoms with Crippen molar-refractivity contribution in [3.8, 4) is 11.5 Å². The van der Waals surface area contributed by atoms with Crippen molar-refractivity contribution in [3.63, 3.8) is 0 Å². The molecule has 2 nitrogen and oxygen atoms in total. The van der Waals surface area contributed by atoms with Crippen molar-refractivity contribution in [1.82, 2.24) is 0 Å². The summed E-state index contributed by atoms with van der Waals surface area (Å²) in [5, 5.41) is 0. The Morgan fingerprint density at radius 3 is 1.17 bits per heavy atom. The molecule has 0 aliphatic carbocycles. The van der Waals surface area contributed by atoms with E-state index in [-0.39, 0.29) is 0 Å². The number of aryl methyl sites for hydroxylation is 6. The van der Waals surface area contributed by atoms with E-state index in [2.05, 4.69) is 65.8 Å². The average Bonchev–Trinajstić information content (AvgIpc) is 2.46. The van der Waals surface area contributed by atoms with Crippen LogP contribution in [0.5, 0.6) is 11.5 Å². The highest BCUT2D eigenvalue weighted by molar-refractivity contribution is 5.43. The van der Waals surface area contributed by atoms with Gasteiger partial charge in [0.1, 0.15) is 24.7 Å². The Hall–Kier alpha value is -2.22. The summed E-state index contributed by atoms with van der Waals surface area (Å²) in [7, 11) is 0. The minimum absolute atomic E-state index is 0.556. The normalized spacial score (nSPS) is 11.1. The summed E-state index contributed by atoms with van der Waals surface area (Å²) >= 11 is 0. The molecule has 0 unspecified atom stereocenters. The topological polar surface area (TPSA) is 18.5 Å². The predicted octanol–water partition coefficient (Wildman–Crippen LogP) is 5.55. The smallest absolute Gasteiger partial charge is 0.125 e. The van der Waals surface area contributed by atoms with E-state index in [1.54, 1.807) is 0 Å². The summed E-state index contributed by atoms with van der Waals surface area (Å²) in [4.78, 5) is 0. The predicted molar refractivity (Wildman–Crippen MR) is 101 cm³/mol. The maximum absolute atomic E-state index is 5.90. The molecule has 0 amide bonds. The van der Waals surface area contributed by atoms with Crippen LogP contribution in [0.15, 0.2) is 36.4 Å². The molecule has 2 aromatic rings. The van der Waals surface area contributed by atoms with Crippen molar-refractivity contribution in [1.29, 1.82) is 0 Å². The zero-order valence-corrected chi connectivity index (χ0v) is 15.7. The summed E-state index contributed by atoms with van der Waals surface area (Å²) in [6.07, 6.45) is 4.02. The van der Waals surface area contributed by atoms with Gasteiger partial charge in [0.05, 0.1) is 0 Å². The first-order chi connectivity index (χ1) is 11.4. The van der Waals surface area contributed by atoms with Gasteiger partial charge in [-0.25, -0.2) is 0 Å². The van der Waals surface area contributed by atoms with Gasteiger partial charge < -0.3 is 9.47 Å². The maximum Gasteiger partial charge on any atom is 0.125 e. The number of hydrogen-bond donors (Lipinski definition) is 0. The third-order valence-corrected chi connectivity index (χ3v) is 4.02. The van der Waals surface area contributed by atoms with Crippen molar-refractivity contribution in [2.45, 2.75) is 41.5 Å². The van der Waals surface area contributed by atoms with Gasteiger partial charge in [-0.1, -0.05) is 35.4 Å². The molecule has 0 heterocycles. The minimum atomic E-state index is 0.556. The number of rotatable bonds is 6. The zero-order valence-electron chi connectivity index (χ0n) is 15.7. The largest absolute Gasteiger partial charge is 0.489 e. The van der Waals surface area contributed by atoms with Crippen LogP contribution < -0.4 is 9.47 Å². The Morgan fingerprint density at radius 2 is 0.875 bits per heavy atom. The van der Waals surface area contributed by atoms with Gasteiger partial charge in [0.15, 0.2) is 0 Å². The first kappa shape index (κ1) is 18.1. The average molecular weight is 324 g/mol. The van der Waals surface area contributed by atoms with Crippen LogP contribution in [0.1, 0.15) is 33.4 Å². The first-order valence-corrected chi connectivity index (χ1v) is 8.44. The summed E-state index contributed by atoms with van der Waals surface area (Å²) in [6.45, 7) is 13.7. The second kappa shape index (κ2) is 8.05. The Morgan fingerprint density at radius 1 is 0.583 bits per heavy atom. The second-order valence-electron chi connectivity index (χ2n) is 6.55. The molecule has 0 fully saturated rings. The van der Waals surface area contributed by atoms with E-state index in [9.17, 15) is 0 Å². The van der Waals surface area contributed by atoms with E-state index in [0.717, 1.165) is 11.5 Å². The van der Waals surface area contributed by atoms with Crippen LogP contribution in [0.3, 0.4) is 0 Å². The number of ether oxygens (including phenoxy) is 2. The molecule has 0 bridgehead atoms. The van der Waals surface area contributed by atoms with Crippen LogP contribution in [0.2, 0.25) is 0 Å². The van der Waals surface area contributed by atoms with E-state index in [0.29, 0.717) is 13.2 Å². The minimum Gasteiger partial charge on any atom is -0.489 e. The van der Waals surface area contributed by atoms with Crippen molar-refractivity contribution in [2.24, 2.45) is 0 Å². The molecule has 0 atom stereocenters. The van der Waals surface area contributed by atoms with Gasteiger partial charge >= 0.3 is 0 Å². The molecule has 2 heteroatoms. The molecular formula is C22H28O2. The van der Waals surface area contributed by atoms with Crippen LogP contribution in [-0.4, -0.2) is 13.2 Å². The lowest BCUT2D eigenvalue weighted by molar-refractivity contribution is 0.345. The zero-order chi connectivity index (χ0) is 17.7. The van der Waals surface area contributed by atoms with Gasteiger partial charge in [-0.15, -0.1) is 0 Å². The molecule has 2 aromatic carbocycles. The van der Waals surface area contributed by atoms with E-state index >= 15 is 0 Å². The lowest BCUT2D eigenvalue weighted by Crippen LogP contribution is -2.01. The van der Waals surface area contributed by atoms with Gasteiger partial charge in [-0.3, -0.25) is 0 Å². The van der Waals surface area contributed by atoms with Crippen LogP contribution in [0.25, 0.3) is 0 Å². The van der Waals surface area contributed by atoms with Crippen molar-refractivity contribution in [2.75, 3.05) is 13.2 Å². The van der Waals surface area contributed by atoms with E-state index in [4.69, 9.17) is 9.47 Å². The van der Waals surface area contributed by atoms with Crippen LogP contribution >= 0.6 is 0 Å². The molecular weight excluding hydrogens is 296 g/mol. The summed E-state index contributed by atoms with van der Waals surface area (Å²) < 4.78 is 11.8.